The van der Waals surface area contributed by atoms with E-state index in [4.69, 9.17) is 0 Å². The van der Waals surface area contributed by atoms with E-state index >= 15 is 0 Å². The smallest absolute Gasteiger partial charge is 0.263 e. The van der Waals surface area contributed by atoms with Gasteiger partial charge in [0.25, 0.3) is 5.56 Å². The van der Waals surface area contributed by atoms with Gasteiger partial charge in [-0.15, -0.1) is 11.3 Å². The van der Waals surface area contributed by atoms with E-state index in [0.29, 0.717) is 27.4 Å². The van der Waals surface area contributed by atoms with E-state index in [-0.39, 0.29) is 5.69 Å². The minimum atomic E-state index is -0.921. The highest BCUT2D eigenvalue weighted by molar-refractivity contribution is 7.17. The third kappa shape index (κ3) is 3.77. The van der Waals surface area contributed by atoms with Crippen LogP contribution in [0.4, 0.5) is 18.9 Å². The first-order valence-electron chi connectivity index (χ1n) is 8.40. The van der Waals surface area contributed by atoms with Crippen molar-refractivity contribution >= 4 is 33.1 Å². The summed E-state index contributed by atoms with van der Waals surface area (Å²) >= 11 is 1.26. The number of nitrogens with zero attached hydrogens (tertiary/aromatic N) is 2. The third-order valence-electron chi connectivity index (χ3n) is 4.24. The van der Waals surface area contributed by atoms with E-state index in [1.807, 2.05) is 0 Å². The molecule has 0 aliphatic rings. The quantitative estimate of drug-likeness (QED) is 0.544. The van der Waals surface area contributed by atoms with Crippen molar-refractivity contribution < 1.29 is 18.0 Å². The van der Waals surface area contributed by atoms with Gasteiger partial charge < -0.3 is 5.32 Å². The van der Waals surface area contributed by atoms with Crippen molar-refractivity contribution in [1.29, 1.82) is 0 Å². The van der Waals surface area contributed by atoms with E-state index in [9.17, 15) is 22.8 Å². The average Bonchev–Trinajstić information content (AvgIpc) is 3.12. The average molecular weight is 415 g/mol. The third-order valence-corrected chi connectivity index (χ3v) is 5.12. The molecule has 0 aliphatic carbocycles. The molecule has 0 saturated heterocycles. The number of carbonyl (C=O) groups is 1. The Hall–Kier alpha value is -3.46. The standard InChI is InChI=1S/C20H12F3N3O2S/c21-12-3-1-11(2-4-12)14-9-29-19-18(14)20(28)26(10-24-19)8-17(27)25-16-6-5-13(22)7-15(16)23/h1-7,9-10H,8H2,(H,25,27). The van der Waals surface area contributed by atoms with Gasteiger partial charge in [0, 0.05) is 17.0 Å². The minimum absolute atomic E-state index is 0.193. The molecule has 4 rings (SSSR count). The van der Waals surface area contributed by atoms with Crippen LogP contribution < -0.4 is 10.9 Å². The summed E-state index contributed by atoms with van der Waals surface area (Å²) in [6.07, 6.45) is 1.23. The van der Waals surface area contributed by atoms with Crippen LogP contribution in [-0.4, -0.2) is 15.5 Å². The maximum Gasteiger partial charge on any atom is 0.263 e. The summed E-state index contributed by atoms with van der Waals surface area (Å²) in [4.78, 5) is 29.8. The van der Waals surface area contributed by atoms with Crippen LogP contribution in [-0.2, 0) is 11.3 Å². The van der Waals surface area contributed by atoms with Crippen LogP contribution in [0, 0.1) is 17.5 Å². The molecule has 1 amide bonds. The van der Waals surface area contributed by atoms with E-state index in [1.54, 1.807) is 17.5 Å². The molecular formula is C20H12F3N3O2S. The molecule has 146 valence electrons. The molecule has 1 N–H and O–H groups in total. The topological polar surface area (TPSA) is 64.0 Å². The Bertz CT molecular complexity index is 1280. The number of nitrogens with one attached hydrogen (secondary N) is 1. The van der Waals surface area contributed by atoms with E-state index in [0.717, 1.165) is 16.7 Å². The number of anilines is 1. The lowest BCUT2D eigenvalue weighted by molar-refractivity contribution is -0.116. The number of hydrogen-bond acceptors (Lipinski definition) is 4. The van der Waals surface area contributed by atoms with Crippen LogP contribution >= 0.6 is 11.3 Å². The number of benzene rings is 2. The second kappa shape index (κ2) is 7.51. The first kappa shape index (κ1) is 18.9. The molecule has 0 aliphatic heterocycles. The van der Waals surface area contributed by atoms with E-state index in [1.165, 1.54) is 29.8 Å². The maximum atomic E-state index is 13.7. The zero-order chi connectivity index (χ0) is 20.5. The first-order chi connectivity index (χ1) is 13.9. The van der Waals surface area contributed by atoms with Gasteiger partial charge in [-0.2, -0.15) is 0 Å². The zero-order valence-electron chi connectivity index (χ0n) is 14.7. The van der Waals surface area contributed by atoms with E-state index in [2.05, 4.69) is 10.3 Å². The van der Waals surface area contributed by atoms with Crippen LogP contribution in [0.15, 0.2) is 59.0 Å². The molecule has 0 atom stereocenters. The number of fused-ring (bicyclic) bond motifs is 1. The molecule has 0 radical (unpaired) electrons. The van der Waals surface area contributed by atoms with Gasteiger partial charge in [0.2, 0.25) is 5.91 Å². The molecule has 9 heteroatoms. The fraction of sp³-hybridized carbons (Fsp3) is 0.0500. The Balaban J connectivity index is 1.65. The molecule has 2 heterocycles. The van der Waals surface area contributed by atoms with Crippen molar-refractivity contribution in [3.05, 3.63) is 82.0 Å². The number of thiophene rings is 1. The molecule has 0 bridgehead atoms. The van der Waals surface area contributed by atoms with Crippen LogP contribution in [0.1, 0.15) is 0 Å². The predicted octanol–water partition coefficient (Wildman–Crippen LogP) is 4.18. The number of halogens is 3. The van der Waals surface area contributed by atoms with Crippen molar-refractivity contribution in [3.63, 3.8) is 0 Å². The fourth-order valence-electron chi connectivity index (χ4n) is 2.86. The molecule has 2 aromatic heterocycles. The van der Waals surface area contributed by atoms with Gasteiger partial charge in [-0.1, -0.05) is 12.1 Å². The zero-order valence-corrected chi connectivity index (χ0v) is 15.5. The largest absolute Gasteiger partial charge is 0.322 e. The van der Waals surface area contributed by atoms with Gasteiger partial charge in [-0.3, -0.25) is 14.2 Å². The normalized spacial score (nSPS) is 11.0. The van der Waals surface area contributed by atoms with Crippen LogP contribution in [0.5, 0.6) is 0 Å². The van der Waals surface area contributed by atoms with Crippen LogP contribution in [0.25, 0.3) is 21.3 Å². The van der Waals surface area contributed by atoms with Crippen molar-refractivity contribution in [1.82, 2.24) is 9.55 Å². The summed E-state index contributed by atoms with van der Waals surface area (Å²) in [7, 11) is 0. The Morgan fingerprint density at radius 2 is 1.79 bits per heavy atom. The Morgan fingerprint density at radius 3 is 2.52 bits per heavy atom. The number of amides is 1. The van der Waals surface area contributed by atoms with Crippen molar-refractivity contribution in [3.8, 4) is 11.1 Å². The molecule has 0 spiro atoms. The van der Waals surface area contributed by atoms with Crippen LogP contribution in [0.3, 0.4) is 0 Å². The van der Waals surface area contributed by atoms with Gasteiger partial charge in [0.05, 0.1) is 17.4 Å². The van der Waals surface area contributed by atoms with Gasteiger partial charge >= 0.3 is 0 Å². The number of hydrogen-bond donors (Lipinski definition) is 1. The fourth-order valence-corrected chi connectivity index (χ4v) is 3.76. The molecule has 0 saturated carbocycles. The number of aromatic nitrogens is 2. The van der Waals surface area contributed by atoms with Crippen LogP contribution in [0.2, 0.25) is 0 Å². The lowest BCUT2D eigenvalue weighted by atomic mass is 10.1. The minimum Gasteiger partial charge on any atom is -0.322 e. The molecule has 5 nitrogen and oxygen atoms in total. The molecule has 29 heavy (non-hydrogen) atoms. The van der Waals surface area contributed by atoms with Gasteiger partial charge in [0.15, 0.2) is 0 Å². The molecule has 0 unspecified atom stereocenters. The Morgan fingerprint density at radius 1 is 1.07 bits per heavy atom. The highest BCUT2D eigenvalue weighted by Gasteiger charge is 2.15. The summed E-state index contributed by atoms with van der Waals surface area (Å²) in [5, 5.41) is 4.35. The van der Waals surface area contributed by atoms with Gasteiger partial charge in [-0.05, 0) is 29.8 Å². The Kier molecular flexibility index (Phi) is 4.89. The predicted molar refractivity (Wildman–Crippen MR) is 104 cm³/mol. The SMILES string of the molecule is O=C(Cn1cnc2scc(-c3ccc(F)cc3)c2c1=O)Nc1ccc(F)cc1F. The second-order valence-corrected chi connectivity index (χ2v) is 7.04. The first-order valence-corrected chi connectivity index (χ1v) is 9.28. The molecule has 0 fully saturated rings. The summed E-state index contributed by atoms with van der Waals surface area (Å²) in [5.74, 6) is -2.75. The second-order valence-electron chi connectivity index (χ2n) is 6.19. The van der Waals surface area contributed by atoms with Gasteiger partial charge in [-0.25, -0.2) is 18.2 Å². The lowest BCUT2D eigenvalue weighted by Crippen LogP contribution is -2.28. The maximum absolute atomic E-state index is 13.7. The summed E-state index contributed by atoms with van der Waals surface area (Å²) in [6.45, 7) is -0.405. The highest BCUT2D eigenvalue weighted by Crippen LogP contribution is 2.30. The summed E-state index contributed by atoms with van der Waals surface area (Å²) in [5.41, 5.74) is 0.584. The Labute approximate surface area is 166 Å². The van der Waals surface area contributed by atoms with Crippen molar-refractivity contribution in [2.75, 3.05) is 5.32 Å². The van der Waals surface area contributed by atoms with Crippen molar-refractivity contribution in [2.24, 2.45) is 0 Å². The molecule has 4 aromatic rings. The van der Waals surface area contributed by atoms with Crippen molar-refractivity contribution in [2.45, 2.75) is 6.54 Å². The monoisotopic (exact) mass is 415 g/mol. The number of rotatable bonds is 4. The summed E-state index contributed by atoms with van der Waals surface area (Å²) in [6, 6.07) is 8.44. The highest BCUT2D eigenvalue weighted by atomic mass is 32.1. The van der Waals surface area contributed by atoms with E-state index < -0.39 is 35.5 Å². The lowest BCUT2D eigenvalue weighted by Gasteiger charge is -2.08. The number of carbonyl (C=O) groups excluding carboxylic acids is 1. The van der Waals surface area contributed by atoms with Gasteiger partial charge in [0.1, 0.15) is 28.8 Å². The summed E-state index contributed by atoms with van der Waals surface area (Å²) < 4.78 is 41.0. The molecule has 2 aromatic carbocycles. The molecular weight excluding hydrogens is 403 g/mol.